The second-order valence-electron chi connectivity index (χ2n) is 7.88. The highest BCUT2D eigenvalue weighted by Crippen LogP contribution is 2.61. The summed E-state index contributed by atoms with van der Waals surface area (Å²) in [4.78, 5) is 0. The van der Waals surface area contributed by atoms with E-state index >= 15 is 0 Å². The van der Waals surface area contributed by atoms with E-state index in [-0.39, 0.29) is 17.6 Å². The monoisotopic (exact) mass is 302 g/mol. The fourth-order valence-corrected chi connectivity index (χ4v) is 5.91. The number of aliphatic hydroxyl groups is 1. The lowest BCUT2D eigenvalue weighted by Gasteiger charge is -2.50. The summed E-state index contributed by atoms with van der Waals surface area (Å²) in [5, 5.41) is 20.2. The van der Waals surface area contributed by atoms with Crippen molar-refractivity contribution in [3.63, 3.8) is 0 Å². The van der Waals surface area contributed by atoms with Crippen molar-refractivity contribution < 1.29 is 14.9 Å². The summed E-state index contributed by atoms with van der Waals surface area (Å²) < 4.78 is 5.72. The Bertz CT molecular complexity index is 584. The number of aliphatic hydroxyl groups excluding tert-OH is 1. The van der Waals surface area contributed by atoms with Gasteiger partial charge in [0, 0.05) is 7.11 Å². The van der Waals surface area contributed by atoms with Crippen LogP contribution >= 0.6 is 0 Å². The summed E-state index contributed by atoms with van der Waals surface area (Å²) in [5.41, 5.74) is 2.96. The number of methoxy groups -OCH3 is 1. The van der Waals surface area contributed by atoms with E-state index in [2.05, 4.69) is 13.0 Å². The zero-order valence-corrected chi connectivity index (χ0v) is 13.5. The van der Waals surface area contributed by atoms with Crippen LogP contribution in [0.3, 0.4) is 0 Å². The lowest BCUT2D eigenvalue weighted by atomic mass is 9.55. The molecule has 120 valence electrons. The fourth-order valence-electron chi connectivity index (χ4n) is 5.91. The maximum Gasteiger partial charge on any atom is 0.115 e. The minimum atomic E-state index is -0.319. The topological polar surface area (TPSA) is 49.7 Å². The molecule has 3 aliphatic carbocycles. The molecule has 0 heterocycles. The van der Waals surface area contributed by atoms with E-state index in [1.807, 2.05) is 12.1 Å². The molecule has 1 aromatic rings. The van der Waals surface area contributed by atoms with Gasteiger partial charge in [0.05, 0.1) is 12.2 Å². The van der Waals surface area contributed by atoms with E-state index in [9.17, 15) is 10.2 Å². The average Bonchev–Trinajstić information content (AvgIpc) is 2.76. The maximum atomic E-state index is 10.4. The van der Waals surface area contributed by atoms with Crippen LogP contribution in [0.15, 0.2) is 18.2 Å². The molecule has 22 heavy (non-hydrogen) atoms. The third kappa shape index (κ3) is 1.95. The van der Waals surface area contributed by atoms with Crippen molar-refractivity contribution in [2.45, 2.75) is 57.2 Å². The van der Waals surface area contributed by atoms with E-state index < -0.39 is 0 Å². The third-order valence-electron chi connectivity index (χ3n) is 6.76. The van der Waals surface area contributed by atoms with Gasteiger partial charge in [0.25, 0.3) is 0 Å². The Morgan fingerprint density at radius 2 is 2.09 bits per heavy atom. The van der Waals surface area contributed by atoms with E-state index in [1.165, 1.54) is 17.5 Å². The Kier molecular flexibility index (Phi) is 3.28. The van der Waals surface area contributed by atoms with Crippen molar-refractivity contribution in [3.8, 4) is 5.75 Å². The Hall–Kier alpha value is -1.06. The van der Waals surface area contributed by atoms with Crippen LogP contribution in [0.4, 0.5) is 0 Å². The highest BCUT2D eigenvalue weighted by molar-refractivity contribution is 5.40. The second kappa shape index (κ2) is 4.97. The number of rotatable bonds is 1. The molecule has 6 atom stereocenters. The molecule has 2 N–H and O–H groups in total. The first-order chi connectivity index (χ1) is 10.5. The molecule has 3 heteroatoms. The molecule has 0 radical (unpaired) electrons. The number of benzene rings is 1. The predicted molar refractivity (Wildman–Crippen MR) is 84.9 cm³/mol. The van der Waals surface area contributed by atoms with Crippen LogP contribution in [-0.2, 0) is 11.2 Å². The molecule has 0 aromatic heterocycles. The molecular formula is C19H26O3. The largest absolute Gasteiger partial charge is 0.508 e. The van der Waals surface area contributed by atoms with Crippen LogP contribution in [0.5, 0.6) is 5.75 Å². The predicted octanol–water partition coefficient (Wildman–Crippen LogP) is 3.23. The summed E-state index contributed by atoms with van der Waals surface area (Å²) in [6.07, 6.45) is 5.07. The molecule has 3 aliphatic rings. The summed E-state index contributed by atoms with van der Waals surface area (Å²) >= 11 is 0. The van der Waals surface area contributed by atoms with Gasteiger partial charge in [-0.15, -0.1) is 0 Å². The van der Waals surface area contributed by atoms with E-state index in [0.717, 1.165) is 25.7 Å². The minimum Gasteiger partial charge on any atom is -0.508 e. The van der Waals surface area contributed by atoms with Gasteiger partial charge in [-0.25, -0.2) is 0 Å². The Balaban J connectivity index is 1.73. The maximum absolute atomic E-state index is 10.4. The molecule has 0 amide bonds. The van der Waals surface area contributed by atoms with Gasteiger partial charge in [0.15, 0.2) is 0 Å². The number of phenols is 1. The SMILES string of the molecule is CO[C@@H]1[C@H]2[C@@H]3CCc4cc(O)ccc4[C@H]3CC[C@]2(C)C[C@@H]1O. The van der Waals surface area contributed by atoms with Crippen LogP contribution in [0.25, 0.3) is 0 Å². The first kappa shape index (κ1) is 14.5. The molecule has 2 saturated carbocycles. The van der Waals surface area contributed by atoms with Crippen molar-refractivity contribution in [2.75, 3.05) is 7.11 Å². The van der Waals surface area contributed by atoms with E-state index in [1.54, 1.807) is 7.11 Å². The van der Waals surface area contributed by atoms with Gasteiger partial charge in [0.2, 0.25) is 0 Å². The quantitative estimate of drug-likeness (QED) is 0.837. The van der Waals surface area contributed by atoms with Crippen LogP contribution in [-0.4, -0.2) is 29.5 Å². The molecule has 0 aliphatic heterocycles. The highest BCUT2D eigenvalue weighted by Gasteiger charge is 2.57. The van der Waals surface area contributed by atoms with Gasteiger partial charge in [0.1, 0.15) is 5.75 Å². The first-order valence-corrected chi connectivity index (χ1v) is 8.56. The number of phenolic OH excluding ortho intramolecular Hbond substituents is 1. The molecule has 4 rings (SSSR count). The fraction of sp³-hybridized carbons (Fsp3) is 0.684. The van der Waals surface area contributed by atoms with Gasteiger partial charge in [-0.2, -0.15) is 0 Å². The number of aryl methyl sites for hydroxylation is 1. The zero-order valence-electron chi connectivity index (χ0n) is 13.5. The molecule has 0 bridgehead atoms. The van der Waals surface area contributed by atoms with Crippen LogP contribution < -0.4 is 0 Å². The highest BCUT2D eigenvalue weighted by atomic mass is 16.5. The Labute approximate surface area is 132 Å². The van der Waals surface area contributed by atoms with Gasteiger partial charge >= 0.3 is 0 Å². The van der Waals surface area contributed by atoms with Crippen LogP contribution in [0.2, 0.25) is 0 Å². The van der Waals surface area contributed by atoms with E-state index in [4.69, 9.17) is 4.74 Å². The number of fused-ring (bicyclic) bond motifs is 5. The average molecular weight is 302 g/mol. The van der Waals surface area contributed by atoms with Crippen LogP contribution in [0, 0.1) is 17.3 Å². The minimum absolute atomic E-state index is 0.0172. The number of aromatic hydroxyl groups is 1. The summed E-state index contributed by atoms with van der Waals surface area (Å²) in [5.74, 6) is 1.99. The number of ether oxygens (including phenoxy) is 1. The molecule has 0 spiro atoms. The normalized spacial score (nSPS) is 43.3. The summed E-state index contributed by atoms with van der Waals surface area (Å²) in [7, 11) is 1.75. The second-order valence-corrected chi connectivity index (χ2v) is 7.88. The summed E-state index contributed by atoms with van der Waals surface area (Å²) in [6, 6.07) is 5.89. The Morgan fingerprint density at radius 3 is 2.86 bits per heavy atom. The van der Waals surface area contributed by atoms with Gasteiger partial charge in [-0.05, 0) is 78.5 Å². The van der Waals surface area contributed by atoms with Crippen molar-refractivity contribution in [2.24, 2.45) is 17.3 Å². The first-order valence-electron chi connectivity index (χ1n) is 8.56. The standard InChI is InChI=1S/C19H26O3/c1-19-8-7-14-13-6-4-12(20)9-11(13)3-5-15(14)17(19)18(22-2)16(21)10-19/h4,6,9,14-18,20-21H,3,5,7-8,10H2,1-2H3/t14-,15-,16+,17-,18+,19-/m1/s1. The third-order valence-corrected chi connectivity index (χ3v) is 6.76. The van der Waals surface area contributed by atoms with Gasteiger partial charge < -0.3 is 14.9 Å². The lowest BCUT2D eigenvalue weighted by Crippen LogP contribution is -2.44. The van der Waals surface area contributed by atoms with Crippen molar-refractivity contribution >= 4 is 0 Å². The Morgan fingerprint density at radius 1 is 1.27 bits per heavy atom. The molecule has 1 aromatic carbocycles. The smallest absolute Gasteiger partial charge is 0.115 e. The molecule has 3 nitrogen and oxygen atoms in total. The number of hydrogen-bond acceptors (Lipinski definition) is 3. The van der Waals surface area contributed by atoms with E-state index in [0.29, 0.717) is 23.5 Å². The molecular weight excluding hydrogens is 276 g/mol. The molecule has 2 fully saturated rings. The lowest BCUT2D eigenvalue weighted by molar-refractivity contribution is -0.0557. The molecule has 0 unspecified atom stereocenters. The van der Waals surface area contributed by atoms with Gasteiger partial charge in [-0.3, -0.25) is 0 Å². The van der Waals surface area contributed by atoms with Crippen molar-refractivity contribution in [1.82, 2.24) is 0 Å². The number of hydrogen-bond donors (Lipinski definition) is 2. The summed E-state index contributed by atoms with van der Waals surface area (Å²) in [6.45, 7) is 2.35. The van der Waals surface area contributed by atoms with Crippen LogP contribution in [0.1, 0.15) is 49.7 Å². The molecule has 0 saturated heterocycles. The van der Waals surface area contributed by atoms with Crippen molar-refractivity contribution in [3.05, 3.63) is 29.3 Å². The van der Waals surface area contributed by atoms with Crippen molar-refractivity contribution in [1.29, 1.82) is 0 Å². The zero-order chi connectivity index (χ0) is 15.5. The van der Waals surface area contributed by atoms with Gasteiger partial charge in [-0.1, -0.05) is 13.0 Å².